The third kappa shape index (κ3) is 2.30. The van der Waals surface area contributed by atoms with Crippen molar-refractivity contribution in [2.24, 2.45) is 5.92 Å². The number of alkyl halides is 2. The number of nitrogens with zero attached hydrogens (tertiary/aromatic N) is 1. The Labute approximate surface area is 143 Å². The van der Waals surface area contributed by atoms with Crippen molar-refractivity contribution >= 4 is 27.5 Å². The van der Waals surface area contributed by atoms with Crippen molar-refractivity contribution in [1.82, 2.24) is 4.90 Å². The van der Waals surface area contributed by atoms with Gasteiger partial charge in [-0.3, -0.25) is 4.79 Å². The van der Waals surface area contributed by atoms with E-state index in [0.29, 0.717) is 5.56 Å². The van der Waals surface area contributed by atoms with Crippen molar-refractivity contribution in [3.8, 4) is 0 Å². The van der Waals surface area contributed by atoms with E-state index >= 15 is 0 Å². The third-order valence-corrected chi connectivity index (χ3v) is 5.08. The largest absolute Gasteiger partial charge is 0.396 e. The van der Waals surface area contributed by atoms with Gasteiger partial charge in [-0.1, -0.05) is 48.5 Å². The molecule has 1 amide bonds. The highest BCUT2D eigenvalue weighted by Gasteiger charge is 2.70. The molecule has 1 aliphatic rings. The van der Waals surface area contributed by atoms with Crippen LogP contribution in [-0.4, -0.2) is 41.5 Å². The van der Waals surface area contributed by atoms with Crippen LogP contribution in [0.2, 0.25) is 0 Å². The smallest absolute Gasteiger partial charge is 0.275 e. The second kappa shape index (κ2) is 5.49. The summed E-state index contributed by atoms with van der Waals surface area (Å²) in [6.07, 6.45) is 0. The molecule has 0 heterocycles. The first kappa shape index (κ1) is 16.0. The summed E-state index contributed by atoms with van der Waals surface area (Å²) in [6.45, 7) is -0.633. The number of aliphatic hydroxyl groups is 1. The van der Waals surface area contributed by atoms with E-state index in [2.05, 4.69) is 0 Å². The Bertz CT molecular complexity index is 932. The quantitative estimate of drug-likeness (QED) is 0.738. The minimum atomic E-state index is -3.04. The Balaban J connectivity index is 1.88. The number of hydrogen-bond donors (Lipinski definition) is 1. The number of aliphatic hydroxyl groups excluding tert-OH is 1. The molecule has 0 saturated heterocycles. The molecule has 3 aromatic rings. The maximum Gasteiger partial charge on any atom is 0.275 e. The molecule has 0 aliphatic heterocycles. The average molecular weight is 341 g/mol. The molecule has 4 rings (SSSR count). The molecule has 128 valence electrons. The molecule has 2 unspecified atom stereocenters. The Morgan fingerprint density at radius 3 is 2.08 bits per heavy atom. The number of rotatable bonds is 3. The van der Waals surface area contributed by atoms with E-state index < -0.39 is 30.4 Å². The summed E-state index contributed by atoms with van der Waals surface area (Å²) in [5.41, 5.74) is 0.426. The van der Waals surface area contributed by atoms with Gasteiger partial charge in [-0.2, -0.15) is 0 Å². The zero-order chi connectivity index (χ0) is 17.8. The second-order valence-corrected chi connectivity index (χ2v) is 6.52. The fourth-order valence-electron chi connectivity index (χ4n) is 3.67. The highest BCUT2D eigenvalue weighted by molar-refractivity contribution is 6.18. The van der Waals surface area contributed by atoms with Gasteiger partial charge in [0.2, 0.25) is 0 Å². The predicted octanol–water partition coefficient (Wildman–Crippen LogP) is 3.69. The highest BCUT2D eigenvalue weighted by Crippen LogP contribution is 2.52. The predicted molar refractivity (Wildman–Crippen MR) is 92.9 cm³/mol. The van der Waals surface area contributed by atoms with Gasteiger partial charge in [0.05, 0.1) is 18.1 Å². The number of benzene rings is 3. The molecule has 0 spiro atoms. The zero-order valence-electron chi connectivity index (χ0n) is 13.6. The Morgan fingerprint density at radius 2 is 1.60 bits per heavy atom. The summed E-state index contributed by atoms with van der Waals surface area (Å²) < 4.78 is 27.7. The fraction of sp³-hybridized carbons (Fsp3) is 0.250. The van der Waals surface area contributed by atoms with E-state index in [4.69, 9.17) is 5.11 Å². The topological polar surface area (TPSA) is 40.5 Å². The second-order valence-electron chi connectivity index (χ2n) is 6.52. The third-order valence-electron chi connectivity index (χ3n) is 5.08. The summed E-state index contributed by atoms with van der Waals surface area (Å²) in [5, 5.41) is 12.4. The van der Waals surface area contributed by atoms with Gasteiger partial charge in [-0.05, 0) is 27.6 Å². The molecule has 0 bridgehead atoms. The van der Waals surface area contributed by atoms with Gasteiger partial charge in [-0.15, -0.1) is 0 Å². The highest BCUT2D eigenvalue weighted by atomic mass is 19.3. The SMILES string of the molecule is CN(C(=O)c1c2ccccc2cc2ccccc12)C1C(CO)C1(F)F. The maximum atomic E-state index is 13.9. The van der Waals surface area contributed by atoms with Crippen LogP contribution in [0.5, 0.6) is 0 Å². The lowest BCUT2D eigenvalue weighted by Crippen LogP contribution is -2.33. The molecule has 3 nitrogen and oxygen atoms in total. The summed E-state index contributed by atoms with van der Waals surface area (Å²) in [5.74, 6) is -4.68. The average Bonchev–Trinajstić information content (AvgIpc) is 3.19. The van der Waals surface area contributed by atoms with Crippen LogP contribution >= 0.6 is 0 Å². The minimum Gasteiger partial charge on any atom is -0.396 e. The number of carbonyl (C=O) groups excluding carboxylic acids is 1. The van der Waals surface area contributed by atoms with Crippen LogP contribution in [0.4, 0.5) is 8.78 Å². The molecular formula is C20H17F2NO2. The molecule has 0 radical (unpaired) electrons. The monoisotopic (exact) mass is 341 g/mol. The summed E-state index contributed by atoms with van der Waals surface area (Å²) >= 11 is 0. The van der Waals surface area contributed by atoms with Gasteiger partial charge in [0.25, 0.3) is 11.8 Å². The summed E-state index contributed by atoms with van der Waals surface area (Å²) in [6, 6.07) is 15.6. The normalized spacial score (nSPS) is 21.4. The Kier molecular flexibility index (Phi) is 3.51. The van der Waals surface area contributed by atoms with E-state index in [1.54, 1.807) is 0 Å². The number of halogens is 2. The van der Waals surface area contributed by atoms with Crippen molar-refractivity contribution in [1.29, 1.82) is 0 Å². The zero-order valence-corrected chi connectivity index (χ0v) is 13.6. The van der Waals surface area contributed by atoms with Crippen LogP contribution in [0.1, 0.15) is 10.4 Å². The van der Waals surface area contributed by atoms with E-state index in [-0.39, 0.29) is 0 Å². The van der Waals surface area contributed by atoms with Gasteiger partial charge in [-0.25, -0.2) is 8.78 Å². The first-order chi connectivity index (χ1) is 12.0. The molecule has 5 heteroatoms. The van der Waals surface area contributed by atoms with Crippen molar-refractivity contribution in [3.05, 3.63) is 60.2 Å². The fourth-order valence-corrected chi connectivity index (χ4v) is 3.67. The number of fused-ring (bicyclic) bond motifs is 2. The Morgan fingerprint density at radius 1 is 1.08 bits per heavy atom. The lowest BCUT2D eigenvalue weighted by atomic mass is 9.96. The summed E-state index contributed by atoms with van der Waals surface area (Å²) in [7, 11) is 1.38. The molecule has 1 fully saturated rings. The molecule has 25 heavy (non-hydrogen) atoms. The van der Waals surface area contributed by atoms with Crippen LogP contribution in [0, 0.1) is 5.92 Å². The lowest BCUT2D eigenvalue weighted by molar-refractivity contribution is 0.0523. The first-order valence-electron chi connectivity index (χ1n) is 8.13. The lowest BCUT2D eigenvalue weighted by Gasteiger charge is -2.20. The molecule has 1 N–H and O–H groups in total. The van der Waals surface area contributed by atoms with Gasteiger partial charge >= 0.3 is 0 Å². The summed E-state index contributed by atoms with van der Waals surface area (Å²) in [4.78, 5) is 14.2. The van der Waals surface area contributed by atoms with Crippen LogP contribution < -0.4 is 0 Å². The molecule has 3 aromatic carbocycles. The molecule has 2 atom stereocenters. The molecular weight excluding hydrogens is 324 g/mol. The first-order valence-corrected chi connectivity index (χ1v) is 8.13. The van der Waals surface area contributed by atoms with Crippen molar-refractivity contribution in [2.45, 2.75) is 12.0 Å². The van der Waals surface area contributed by atoms with Gasteiger partial charge < -0.3 is 10.0 Å². The van der Waals surface area contributed by atoms with E-state index in [1.807, 2.05) is 54.6 Å². The molecule has 0 aromatic heterocycles. The van der Waals surface area contributed by atoms with E-state index in [0.717, 1.165) is 26.4 Å². The van der Waals surface area contributed by atoms with Crippen molar-refractivity contribution in [3.63, 3.8) is 0 Å². The van der Waals surface area contributed by atoms with Crippen molar-refractivity contribution < 1.29 is 18.7 Å². The standard InChI is InChI=1S/C20H17F2NO2/c1-23(18-16(11-24)20(18,21)22)19(25)17-14-8-4-2-6-12(14)10-13-7-3-5-9-15(13)17/h2-10,16,18,24H,11H2,1H3. The molecule has 1 aliphatic carbocycles. The van der Waals surface area contributed by atoms with Gasteiger partial charge in [0.15, 0.2) is 0 Å². The Hall–Kier alpha value is -2.53. The van der Waals surface area contributed by atoms with Crippen molar-refractivity contribution in [2.75, 3.05) is 13.7 Å². The van der Waals surface area contributed by atoms with Crippen LogP contribution in [0.3, 0.4) is 0 Å². The van der Waals surface area contributed by atoms with E-state index in [9.17, 15) is 13.6 Å². The number of amides is 1. The van der Waals surface area contributed by atoms with Crippen LogP contribution in [0.25, 0.3) is 21.5 Å². The van der Waals surface area contributed by atoms with Crippen LogP contribution in [0.15, 0.2) is 54.6 Å². The van der Waals surface area contributed by atoms with E-state index in [1.165, 1.54) is 7.05 Å². The number of carbonyl (C=O) groups is 1. The van der Waals surface area contributed by atoms with Gasteiger partial charge in [0, 0.05) is 7.05 Å². The minimum absolute atomic E-state index is 0.426. The molecule has 1 saturated carbocycles. The van der Waals surface area contributed by atoms with Gasteiger partial charge in [0.1, 0.15) is 6.04 Å². The van der Waals surface area contributed by atoms with Crippen LogP contribution in [-0.2, 0) is 0 Å². The maximum absolute atomic E-state index is 13.9. The number of hydrogen-bond acceptors (Lipinski definition) is 2.